The molecule has 3 aliphatic rings. The molecule has 0 aromatic rings. The highest BCUT2D eigenvalue weighted by atomic mass is 16.6. The maximum absolute atomic E-state index is 13.9. The SMILES string of the molecule is CC(C)(C)OC(=O)N[C@H]1CCCCCCCCCC[C@@H](C(O)C(N)=O)NC(=O)[C@@H]2[C@@H]3[C@H](CN2C1=O)C3(C)C. The van der Waals surface area contributed by atoms with Crippen LogP contribution < -0.4 is 16.4 Å². The van der Waals surface area contributed by atoms with Crippen LogP contribution in [-0.2, 0) is 19.1 Å². The number of primary amides is 1. The molecule has 6 atom stereocenters. The van der Waals surface area contributed by atoms with Crippen LogP contribution >= 0.6 is 0 Å². The molecule has 0 bridgehead atoms. The van der Waals surface area contributed by atoms with Gasteiger partial charge >= 0.3 is 6.09 Å². The van der Waals surface area contributed by atoms with Gasteiger partial charge in [-0.25, -0.2) is 4.79 Å². The highest BCUT2D eigenvalue weighted by Crippen LogP contribution is 2.65. The lowest BCUT2D eigenvalue weighted by Gasteiger charge is -2.34. The molecule has 4 amide bonds. The molecule has 1 aliphatic carbocycles. The summed E-state index contributed by atoms with van der Waals surface area (Å²) in [6.07, 6.45) is 6.38. The first-order chi connectivity index (χ1) is 17.7. The molecule has 5 N–H and O–H groups in total. The highest BCUT2D eigenvalue weighted by molar-refractivity contribution is 5.93. The Morgan fingerprint density at radius 3 is 2.16 bits per heavy atom. The normalized spacial score (nSPS) is 31.7. The number of rotatable bonds is 3. The van der Waals surface area contributed by atoms with E-state index in [1.165, 1.54) is 0 Å². The van der Waals surface area contributed by atoms with E-state index in [9.17, 15) is 24.3 Å². The van der Waals surface area contributed by atoms with Gasteiger partial charge in [-0.15, -0.1) is 0 Å². The van der Waals surface area contributed by atoms with Crippen LogP contribution in [0.4, 0.5) is 4.79 Å². The summed E-state index contributed by atoms with van der Waals surface area (Å²) in [5, 5.41) is 16.1. The van der Waals surface area contributed by atoms with Crippen molar-refractivity contribution in [2.75, 3.05) is 6.54 Å². The van der Waals surface area contributed by atoms with Crippen molar-refractivity contribution in [3.63, 3.8) is 0 Å². The number of ether oxygens (including phenoxy) is 1. The van der Waals surface area contributed by atoms with E-state index in [0.29, 0.717) is 19.4 Å². The predicted molar refractivity (Wildman–Crippen MR) is 143 cm³/mol. The minimum Gasteiger partial charge on any atom is -0.444 e. The van der Waals surface area contributed by atoms with E-state index in [1.807, 2.05) is 0 Å². The molecule has 0 aromatic carbocycles. The third-order valence-corrected chi connectivity index (χ3v) is 8.51. The van der Waals surface area contributed by atoms with E-state index in [2.05, 4.69) is 24.5 Å². The Labute approximate surface area is 226 Å². The van der Waals surface area contributed by atoms with Crippen LogP contribution in [0.25, 0.3) is 0 Å². The van der Waals surface area contributed by atoms with Crippen LogP contribution in [0.3, 0.4) is 0 Å². The average Bonchev–Trinajstić information content (AvgIpc) is 3.14. The molecule has 216 valence electrons. The summed E-state index contributed by atoms with van der Waals surface area (Å²) in [6.45, 7) is 9.90. The zero-order chi connectivity index (χ0) is 28.3. The van der Waals surface area contributed by atoms with Gasteiger partial charge in [0.05, 0.1) is 6.04 Å². The summed E-state index contributed by atoms with van der Waals surface area (Å²) < 4.78 is 5.43. The largest absolute Gasteiger partial charge is 0.444 e. The Morgan fingerprint density at radius 1 is 1.05 bits per heavy atom. The van der Waals surface area contributed by atoms with Crippen LogP contribution in [0.5, 0.6) is 0 Å². The molecule has 2 heterocycles. The van der Waals surface area contributed by atoms with Gasteiger partial charge in [-0.2, -0.15) is 0 Å². The Kier molecular flexibility index (Phi) is 9.71. The molecule has 0 spiro atoms. The number of piperidine rings is 1. The number of amides is 4. The number of hydrogen-bond acceptors (Lipinski definition) is 6. The second kappa shape index (κ2) is 12.2. The molecule has 1 saturated carbocycles. The van der Waals surface area contributed by atoms with Gasteiger partial charge in [-0.1, -0.05) is 65.2 Å². The van der Waals surface area contributed by atoms with Crippen LogP contribution in [-0.4, -0.2) is 70.2 Å². The summed E-state index contributed by atoms with van der Waals surface area (Å²) in [7, 11) is 0. The van der Waals surface area contributed by atoms with Crippen molar-refractivity contribution in [1.29, 1.82) is 0 Å². The second-order valence-electron chi connectivity index (χ2n) is 13.0. The van der Waals surface area contributed by atoms with E-state index >= 15 is 0 Å². The number of fused-ring (bicyclic) bond motifs is 3. The molecule has 1 unspecified atom stereocenters. The smallest absolute Gasteiger partial charge is 0.408 e. The number of carbonyl (C=O) groups excluding carboxylic acids is 4. The van der Waals surface area contributed by atoms with Crippen molar-refractivity contribution in [2.24, 2.45) is 23.0 Å². The molecule has 38 heavy (non-hydrogen) atoms. The van der Waals surface area contributed by atoms with Crippen molar-refractivity contribution in [1.82, 2.24) is 15.5 Å². The molecule has 10 heteroatoms. The third-order valence-electron chi connectivity index (χ3n) is 8.51. The third kappa shape index (κ3) is 7.39. The predicted octanol–water partition coefficient (Wildman–Crippen LogP) is 2.61. The Balaban J connectivity index is 1.86. The Bertz CT molecular complexity index is 885. The van der Waals surface area contributed by atoms with E-state index in [-0.39, 0.29) is 29.1 Å². The zero-order valence-electron chi connectivity index (χ0n) is 23.8. The zero-order valence-corrected chi connectivity index (χ0v) is 23.8. The van der Waals surface area contributed by atoms with Gasteiger partial charge in [0.15, 0.2) is 6.10 Å². The Morgan fingerprint density at radius 2 is 1.61 bits per heavy atom. The lowest BCUT2D eigenvalue weighted by Crippen LogP contribution is -2.58. The second-order valence-corrected chi connectivity index (χ2v) is 13.0. The van der Waals surface area contributed by atoms with Crippen LogP contribution in [0.2, 0.25) is 0 Å². The maximum atomic E-state index is 13.9. The van der Waals surface area contributed by atoms with Crippen molar-refractivity contribution in [3.8, 4) is 0 Å². The quantitative estimate of drug-likeness (QED) is 0.435. The van der Waals surface area contributed by atoms with Gasteiger partial charge in [0.25, 0.3) is 0 Å². The molecule has 2 aliphatic heterocycles. The molecule has 2 saturated heterocycles. The average molecular weight is 537 g/mol. The van der Waals surface area contributed by atoms with Crippen molar-refractivity contribution in [3.05, 3.63) is 0 Å². The summed E-state index contributed by atoms with van der Waals surface area (Å²) in [5.74, 6) is -1.44. The van der Waals surface area contributed by atoms with E-state index in [4.69, 9.17) is 10.5 Å². The number of nitrogens with two attached hydrogens (primary N) is 1. The molecule has 0 radical (unpaired) electrons. The number of alkyl carbamates (subject to hydrolysis) is 1. The highest BCUT2D eigenvalue weighted by Gasteiger charge is 2.69. The summed E-state index contributed by atoms with van der Waals surface area (Å²) in [5.41, 5.74) is 4.57. The lowest BCUT2D eigenvalue weighted by atomic mass is 9.97. The fourth-order valence-corrected chi connectivity index (χ4v) is 6.27. The van der Waals surface area contributed by atoms with Gasteiger partial charge in [0.1, 0.15) is 17.7 Å². The minimum atomic E-state index is -1.50. The summed E-state index contributed by atoms with van der Waals surface area (Å²) in [6, 6.07) is -2.36. The van der Waals surface area contributed by atoms with E-state index < -0.39 is 41.8 Å². The first-order valence-corrected chi connectivity index (χ1v) is 14.3. The molecule has 10 nitrogen and oxygen atoms in total. The number of aliphatic hydroxyl groups excluding tert-OH is 1. The molecular formula is C28H48N4O6. The van der Waals surface area contributed by atoms with Crippen molar-refractivity contribution >= 4 is 23.8 Å². The Hall–Kier alpha value is -2.36. The van der Waals surface area contributed by atoms with E-state index in [1.54, 1.807) is 25.7 Å². The summed E-state index contributed by atoms with van der Waals surface area (Å²) >= 11 is 0. The van der Waals surface area contributed by atoms with Crippen LogP contribution in [0, 0.1) is 17.3 Å². The number of nitrogens with zero attached hydrogens (tertiary/aromatic N) is 1. The monoisotopic (exact) mass is 536 g/mol. The number of carbonyl (C=O) groups is 4. The van der Waals surface area contributed by atoms with Crippen molar-refractivity contribution < 1.29 is 29.0 Å². The van der Waals surface area contributed by atoms with Crippen molar-refractivity contribution in [2.45, 2.75) is 129 Å². The fourth-order valence-electron chi connectivity index (χ4n) is 6.27. The molecular weight excluding hydrogens is 488 g/mol. The van der Waals surface area contributed by atoms with E-state index in [0.717, 1.165) is 51.4 Å². The van der Waals surface area contributed by atoms with Gasteiger partial charge in [-0.3, -0.25) is 14.4 Å². The minimum absolute atomic E-state index is 0.0397. The topological polar surface area (TPSA) is 151 Å². The number of aliphatic hydroxyl groups is 1. The first-order valence-electron chi connectivity index (χ1n) is 14.3. The van der Waals surface area contributed by atoms with Gasteiger partial charge in [-0.05, 0) is 50.9 Å². The lowest BCUT2D eigenvalue weighted by molar-refractivity contribution is -0.143. The number of nitrogens with one attached hydrogen (secondary N) is 2. The summed E-state index contributed by atoms with van der Waals surface area (Å²) in [4.78, 5) is 53.6. The molecule has 0 aromatic heterocycles. The van der Waals surface area contributed by atoms with Gasteiger partial charge < -0.3 is 31.1 Å². The molecule has 3 rings (SSSR count). The standard InChI is InChI=1S/C28H48N4O6/c1-27(2,3)38-26(37)31-19-15-13-11-9-7-6-8-10-12-14-18(22(33)23(29)34)30-24(35)21-20-17(28(20,4)5)16-32(21)25(19)36/h17-22,33H,6-16H2,1-5H3,(H2,29,34)(H,30,35)(H,31,37)/t17-,18-,19-,20-,21-,22?/m0/s1. The number of hydrogen-bond donors (Lipinski definition) is 4. The van der Waals surface area contributed by atoms with Gasteiger partial charge in [0.2, 0.25) is 17.7 Å². The fraction of sp³-hybridized carbons (Fsp3) is 0.857. The van der Waals surface area contributed by atoms with Gasteiger partial charge in [0, 0.05) is 6.54 Å². The van der Waals surface area contributed by atoms with Crippen LogP contribution in [0.15, 0.2) is 0 Å². The first kappa shape index (κ1) is 30.2. The van der Waals surface area contributed by atoms with Crippen LogP contribution in [0.1, 0.15) is 98.8 Å². The maximum Gasteiger partial charge on any atom is 0.408 e. The molecule has 3 fully saturated rings.